The number of nitrogens with zero attached hydrogens (tertiary/aromatic N) is 2. The molecule has 0 aliphatic rings. The first kappa shape index (κ1) is 14.0. The van der Waals surface area contributed by atoms with E-state index in [1.807, 2.05) is 38.1 Å². The van der Waals surface area contributed by atoms with Gasteiger partial charge in [0.05, 0.1) is 16.1 Å². The summed E-state index contributed by atoms with van der Waals surface area (Å²) >= 11 is 7.02. The molecular weight excluding hydrogens is 306 g/mol. The lowest BCUT2D eigenvalue weighted by atomic mass is 10.2. The molecule has 1 aromatic carbocycles. The van der Waals surface area contributed by atoms with Crippen molar-refractivity contribution in [3.05, 3.63) is 55.8 Å². The maximum atomic E-state index is 11.4. The maximum Gasteiger partial charge on any atom is 0.306 e. The number of hydrogen-bond donors (Lipinski definition) is 1. The molecule has 0 unspecified atom stereocenters. The van der Waals surface area contributed by atoms with Gasteiger partial charge in [-0.05, 0) is 37.1 Å². The Balaban J connectivity index is 2.07. The third-order valence-electron chi connectivity index (χ3n) is 3.16. The fourth-order valence-corrected chi connectivity index (χ4v) is 3.03. The van der Waals surface area contributed by atoms with Gasteiger partial charge in [0.2, 0.25) is 0 Å². The zero-order chi connectivity index (χ0) is 15.0. The number of rotatable bonds is 2. The second-order valence-corrected chi connectivity index (χ2v) is 6.09. The topological polar surface area (TPSA) is 58.1 Å². The van der Waals surface area contributed by atoms with Crippen molar-refractivity contribution in [2.45, 2.75) is 13.8 Å². The minimum absolute atomic E-state index is 0.0983. The summed E-state index contributed by atoms with van der Waals surface area (Å²) in [6.45, 7) is 3.84. The number of pyridine rings is 1. The predicted molar refractivity (Wildman–Crippen MR) is 88.4 cm³/mol. The summed E-state index contributed by atoms with van der Waals surface area (Å²) in [6.07, 6.45) is 1.77. The SMILES string of the molecule is Cc1nc2[nH]c(=O)sc2c(C)c1N=Cc1ccc(Cl)cc1. The fourth-order valence-electron chi connectivity index (χ4n) is 2.13. The zero-order valence-electron chi connectivity index (χ0n) is 11.5. The van der Waals surface area contributed by atoms with Crippen molar-refractivity contribution in [2.24, 2.45) is 4.99 Å². The Morgan fingerprint density at radius 1 is 1.29 bits per heavy atom. The number of aromatic amines is 1. The van der Waals surface area contributed by atoms with Crippen molar-refractivity contribution < 1.29 is 0 Å². The molecular formula is C15H12ClN3OS. The maximum absolute atomic E-state index is 11.4. The third kappa shape index (κ3) is 2.75. The molecule has 3 rings (SSSR count). The van der Waals surface area contributed by atoms with Gasteiger partial charge in [-0.25, -0.2) is 4.98 Å². The molecule has 0 spiro atoms. The fraction of sp³-hybridized carbons (Fsp3) is 0.133. The highest BCUT2D eigenvalue weighted by Gasteiger charge is 2.11. The van der Waals surface area contributed by atoms with E-state index in [4.69, 9.17) is 11.6 Å². The Bertz CT molecular complexity index is 894. The Kier molecular flexibility index (Phi) is 3.61. The highest BCUT2D eigenvalue weighted by Crippen LogP contribution is 2.29. The van der Waals surface area contributed by atoms with Crippen LogP contribution in [0.5, 0.6) is 0 Å². The number of thiazole rings is 1. The molecule has 0 atom stereocenters. The third-order valence-corrected chi connectivity index (χ3v) is 4.40. The first-order valence-electron chi connectivity index (χ1n) is 6.34. The summed E-state index contributed by atoms with van der Waals surface area (Å²) in [5.74, 6) is 0. The van der Waals surface area contributed by atoms with Crippen molar-refractivity contribution in [1.29, 1.82) is 0 Å². The smallest absolute Gasteiger partial charge is 0.297 e. The van der Waals surface area contributed by atoms with Gasteiger partial charge in [0, 0.05) is 11.2 Å². The number of aryl methyl sites for hydroxylation is 2. The summed E-state index contributed by atoms with van der Waals surface area (Å²) in [7, 11) is 0. The van der Waals surface area contributed by atoms with Gasteiger partial charge in [-0.3, -0.25) is 14.8 Å². The van der Waals surface area contributed by atoms with Crippen LogP contribution in [-0.2, 0) is 0 Å². The summed E-state index contributed by atoms with van der Waals surface area (Å²) < 4.78 is 0.855. The summed E-state index contributed by atoms with van der Waals surface area (Å²) in [6, 6.07) is 7.44. The van der Waals surface area contributed by atoms with E-state index in [0.717, 1.165) is 38.5 Å². The molecule has 2 heterocycles. The van der Waals surface area contributed by atoms with E-state index in [2.05, 4.69) is 15.0 Å². The lowest BCUT2D eigenvalue weighted by Gasteiger charge is -2.04. The summed E-state index contributed by atoms with van der Waals surface area (Å²) in [4.78, 5) is 23.0. The lowest BCUT2D eigenvalue weighted by molar-refractivity contribution is 1.18. The normalized spacial score (nSPS) is 11.6. The predicted octanol–water partition coefficient (Wildman–Crippen LogP) is 4.01. The molecule has 0 fully saturated rings. The number of halogens is 1. The van der Waals surface area contributed by atoms with Gasteiger partial charge in [0.1, 0.15) is 0 Å². The van der Waals surface area contributed by atoms with Gasteiger partial charge in [0.25, 0.3) is 0 Å². The van der Waals surface area contributed by atoms with Gasteiger partial charge in [-0.1, -0.05) is 35.1 Å². The highest BCUT2D eigenvalue weighted by atomic mass is 35.5. The lowest BCUT2D eigenvalue weighted by Crippen LogP contribution is -1.92. The minimum Gasteiger partial charge on any atom is -0.297 e. The standard InChI is InChI=1S/C15H12ClN3OS/c1-8-12(17-7-10-3-5-11(16)6-4-10)9(2)18-14-13(8)21-15(20)19-14/h3-7H,1-2H3,(H,18,19,20). The largest absolute Gasteiger partial charge is 0.306 e. The van der Waals surface area contributed by atoms with E-state index >= 15 is 0 Å². The Morgan fingerprint density at radius 2 is 2.00 bits per heavy atom. The second-order valence-electron chi connectivity index (χ2n) is 4.67. The van der Waals surface area contributed by atoms with E-state index in [9.17, 15) is 4.79 Å². The van der Waals surface area contributed by atoms with Crippen LogP contribution in [0.1, 0.15) is 16.8 Å². The highest BCUT2D eigenvalue weighted by molar-refractivity contribution is 7.16. The van der Waals surface area contributed by atoms with Crippen molar-refractivity contribution in [2.75, 3.05) is 0 Å². The zero-order valence-corrected chi connectivity index (χ0v) is 13.0. The quantitative estimate of drug-likeness (QED) is 0.726. The van der Waals surface area contributed by atoms with Crippen LogP contribution in [-0.4, -0.2) is 16.2 Å². The molecule has 4 nitrogen and oxygen atoms in total. The average molecular weight is 318 g/mol. The van der Waals surface area contributed by atoms with E-state index in [0.29, 0.717) is 10.7 Å². The number of aromatic nitrogens is 2. The van der Waals surface area contributed by atoms with E-state index in [-0.39, 0.29) is 4.87 Å². The first-order chi connectivity index (χ1) is 10.0. The van der Waals surface area contributed by atoms with Crippen LogP contribution in [0, 0.1) is 13.8 Å². The van der Waals surface area contributed by atoms with Gasteiger partial charge < -0.3 is 0 Å². The van der Waals surface area contributed by atoms with Crippen LogP contribution >= 0.6 is 22.9 Å². The molecule has 2 aromatic heterocycles. The number of aliphatic imine (C=N–C) groups is 1. The van der Waals surface area contributed by atoms with Crippen LogP contribution in [0.3, 0.4) is 0 Å². The van der Waals surface area contributed by atoms with Crippen molar-refractivity contribution in [1.82, 2.24) is 9.97 Å². The van der Waals surface area contributed by atoms with Crippen LogP contribution in [0.2, 0.25) is 5.02 Å². The molecule has 106 valence electrons. The molecule has 0 saturated carbocycles. The van der Waals surface area contributed by atoms with Crippen LogP contribution in [0.25, 0.3) is 10.3 Å². The first-order valence-corrected chi connectivity index (χ1v) is 7.53. The van der Waals surface area contributed by atoms with Crippen molar-refractivity contribution in [3.63, 3.8) is 0 Å². The summed E-state index contributed by atoms with van der Waals surface area (Å²) in [5, 5.41) is 0.694. The second kappa shape index (κ2) is 5.42. The molecule has 0 bridgehead atoms. The van der Waals surface area contributed by atoms with Gasteiger partial charge in [0.15, 0.2) is 5.65 Å². The number of hydrogen-bond acceptors (Lipinski definition) is 4. The molecule has 0 radical (unpaired) electrons. The Morgan fingerprint density at radius 3 is 2.71 bits per heavy atom. The molecule has 0 saturated heterocycles. The molecule has 0 aliphatic carbocycles. The Hall–Kier alpha value is -1.98. The molecule has 0 amide bonds. The van der Waals surface area contributed by atoms with Gasteiger partial charge in [-0.2, -0.15) is 0 Å². The molecule has 1 N–H and O–H groups in total. The van der Waals surface area contributed by atoms with Crippen LogP contribution in [0.15, 0.2) is 34.1 Å². The van der Waals surface area contributed by atoms with Gasteiger partial charge >= 0.3 is 4.87 Å². The van der Waals surface area contributed by atoms with Gasteiger partial charge in [-0.15, -0.1) is 0 Å². The Labute approximate surface area is 130 Å². The summed E-state index contributed by atoms with van der Waals surface area (Å²) in [5.41, 5.74) is 4.14. The monoisotopic (exact) mass is 317 g/mol. The van der Waals surface area contributed by atoms with Crippen LogP contribution in [0.4, 0.5) is 5.69 Å². The number of H-pyrrole nitrogens is 1. The molecule has 21 heavy (non-hydrogen) atoms. The number of fused-ring (bicyclic) bond motifs is 1. The molecule has 6 heteroatoms. The van der Waals surface area contributed by atoms with E-state index < -0.39 is 0 Å². The minimum atomic E-state index is -0.0983. The molecule has 3 aromatic rings. The van der Waals surface area contributed by atoms with Crippen molar-refractivity contribution in [3.8, 4) is 0 Å². The van der Waals surface area contributed by atoms with E-state index in [1.54, 1.807) is 6.21 Å². The molecule has 0 aliphatic heterocycles. The van der Waals surface area contributed by atoms with Crippen molar-refractivity contribution >= 4 is 45.2 Å². The number of nitrogens with one attached hydrogen (secondary N) is 1. The van der Waals surface area contributed by atoms with E-state index in [1.165, 1.54) is 0 Å². The average Bonchev–Trinajstić information content (AvgIpc) is 2.81. The van der Waals surface area contributed by atoms with Crippen LogP contribution < -0.4 is 4.87 Å². The number of benzene rings is 1.